The van der Waals surface area contributed by atoms with Crippen molar-refractivity contribution in [2.45, 2.75) is 25.9 Å². The average Bonchev–Trinajstić information content (AvgIpc) is 2.48. The lowest BCUT2D eigenvalue weighted by Gasteiger charge is -2.28. The van der Waals surface area contributed by atoms with E-state index in [1.807, 2.05) is 0 Å². The highest BCUT2D eigenvalue weighted by atomic mass is 19.4. The predicted octanol–water partition coefficient (Wildman–Crippen LogP) is 3.22. The second-order valence-corrected chi connectivity index (χ2v) is 4.96. The zero-order chi connectivity index (χ0) is 16.9. The van der Waals surface area contributed by atoms with Crippen LogP contribution in [0, 0.1) is 0 Å². The summed E-state index contributed by atoms with van der Waals surface area (Å²) in [6, 6.07) is 5.66. The first-order chi connectivity index (χ1) is 10.8. The van der Waals surface area contributed by atoms with Gasteiger partial charge in [0.2, 0.25) is 0 Å². The van der Waals surface area contributed by atoms with Crippen LogP contribution in [0.5, 0.6) is 5.75 Å². The van der Waals surface area contributed by atoms with Crippen LogP contribution in [0.15, 0.2) is 41.0 Å². The molecule has 1 heterocycles. The highest BCUT2D eigenvalue weighted by Gasteiger charge is 2.30. The topological polar surface area (TPSA) is 36.9 Å². The third-order valence-electron chi connectivity index (χ3n) is 3.17. The summed E-state index contributed by atoms with van der Waals surface area (Å²) < 4.78 is 53.5. The van der Waals surface area contributed by atoms with Crippen molar-refractivity contribution in [1.29, 1.82) is 0 Å². The maximum Gasteiger partial charge on any atom is 0.573 e. The van der Waals surface area contributed by atoms with Gasteiger partial charge in [0.25, 0.3) is 0 Å². The second-order valence-electron chi connectivity index (χ2n) is 4.96. The summed E-state index contributed by atoms with van der Waals surface area (Å²) in [5, 5.41) is 1.62. The first-order valence-corrected chi connectivity index (χ1v) is 7.05. The van der Waals surface area contributed by atoms with Gasteiger partial charge in [0.1, 0.15) is 18.6 Å². The van der Waals surface area contributed by atoms with Crippen LogP contribution < -0.4 is 10.2 Å². The molecule has 0 radical (unpaired) electrons. The van der Waals surface area contributed by atoms with Crippen molar-refractivity contribution in [2.75, 3.05) is 13.2 Å². The van der Waals surface area contributed by atoms with Gasteiger partial charge in [-0.05, 0) is 37.1 Å². The van der Waals surface area contributed by atoms with Crippen LogP contribution in [0.3, 0.4) is 0 Å². The zero-order valence-corrected chi connectivity index (χ0v) is 12.5. The number of nitrogens with zero attached hydrogens (tertiary/aromatic N) is 2. The van der Waals surface area contributed by atoms with Crippen LogP contribution in [-0.2, 0) is 6.42 Å². The maximum absolute atomic E-state index is 13.4. The Morgan fingerprint density at radius 3 is 2.61 bits per heavy atom. The Morgan fingerprint density at radius 1 is 1.30 bits per heavy atom. The summed E-state index contributed by atoms with van der Waals surface area (Å²) in [5.41, 5.74) is 4.39. The van der Waals surface area contributed by atoms with E-state index in [0.29, 0.717) is 25.3 Å². The smallest absolute Gasteiger partial charge is 0.406 e. The molecule has 1 aromatic rings. The zero-order valence-electron chi connectivity index (χ0n) is 12.5. The monoisotopic (exact) mass is 331 g/mol. The number of hydrazine groups is 1. The summed E-state index contributed by atoms with van der Waals surface area (Å²) in [5.74, 6) is -0.254. The fraction of sp³-hybridized carbons (Fsp3) is 0.400. The number of benzene rings is 1. The minimum Gasteiger partial charge on any atom is -0.406 e. The lowest BCUT2D eigenvalue weighted by Crippen LogP contribution is -2.42. The Labute approximate surface area is 131 Å². The molecule has 2 rings (SSSR count). The Hall–Kier alpha value is -2.09. The molecule has 1 atom stereocenters. The number of ether oxygens (including phenoxy) is 1. The van der Waals surface area contributed by atoms with Crippen LogP contribution in [0.2, 0.25) is 0 Å². The van der Waals surface area contributed by atoms with Crippen LogP contribution in [0.25, 0.3) is 0 Å². The van der Waals surface area contributed by atoms with Crippen molar-refractivity contribution in [1.82, 2.24) is 10.4 Å². The van der Waals surface area contributed by atoms with E-state index in [2.05, 4.69) is 15.2 Å². The molecule has 8 heteroatoms. The molecule has 0 amide bonds. The molecule has 1 aliphatic rings. The van der Waals surface area contributed by atoms with Gasteiger partial charge in [-0.1, -0.05) is 12.1 Å². The van der Waals surface area contributed by atoms with Crippen LogP contribution in [-0.4, -0.2) is 37.0 Å². The summed E-state index contributed by atoms with van der Waals surface area (Å²) in [6.45, 7) is 2.26. The minimum absolute atomic E-state index is 0.254. The van der Waals surface area contributed by atoms with E-state index in [4.69, 9.17) is 0 Å². The van der Waals surface area contributed by atoms with Crippen molar-refractivity contribution >= 4 is 6.21 Å². The van der Waals surface area contributed by atoms with Crippen LogP contribution in [0.4, 0.5) is 17.6 Å². The second kappa shape index (κ2) is 7.45. The molecule has 0 saturated heterocycles. The SMILES string of the molecule is CC(F)C1=CC=NCN1NCCc1ccc(OC(F)(F)F)cc1. The van der Waals surface area contributed by atoms with E-state index in [-0.39, 0.29) is 5.75 Å². The number of nitrogens with one attached hydrogen (secondary N) is 1. The summed E-state index contributed by atoms with van der Waals surface area (Å²) in [7, 11) is 0. The van der Waals surface area contributed by atoms with Crippen molar-refractivity contribution in [3.05, 3.63) is 41.6 Å². The van der Waals surface area contributed by atoms with Crippen molar-refractivity contribution in [3.8, 4) is 5.75 Å². The number of halogens is 4. The first-order valence-electron chi connectivity index (χ1n) is 7.05. The lowest BCUT2D eigenvalue weighted by atomic mass is 10.1. The molecule has 0 saturated carbocycles. The fourth-order valence-corrected chi connectivity index (χ4v) is 2.11. The standard InChI is InChI=1S/C15H17F4N3O/c1-11(16)14-7-8-20-10-22(14)21-9-6-12-2-4-13(5-3-12)23-15(17,18)19/h2-5,7-8,11,21H,6,9-10H2,1H3. The van der Waals surface area contributed by atoms with E-state index >= 15 is 0 Å². The molecular weight excluding hydrogens is 314 g/mol. The Kier molecular flexibility index (Phi) is 5.59. The van der Waals surface area contributed by atoms with Gasteiger partial charge in [-0.15, -0.1) is 13.2 Å². The van der Waals surface area contributed by atoms with Crippen molar-refractivity contribution in [2.24, 2.45) is 4.99 Å². The van der Waals surface area contributed by atoms with Crippen molar-refractivity contribution in [3.63, 3.8) is 0 Å². The molecule has 0 bridgehead atoms. The molecule has 126 valence electrons. The van der Waals surface area contributed by atoms with Gasteiger partial charge in [-0.3, -0.25) is 10.0 Å². The normalized spacial score (nSPS) is 16.2. The molecule has 1 aromatic carbocycles. The molecule has 0 spiro atoms. The van der Waals surface area contributed by atoms with Crippen LogP contribution >= 0.6 is 0 Å². The number of hydrogen-bond acceptors (Lipinski definition) is 4. The Balaban J connectivity index is 1.82. The van der Waals surface area contributed by atoms with Gasteiger partial charge < -0.3 is 4.74 Å². The minimum atomic E-state index is -4.69. The summed E-state index contributed by atoms with van der Waals surface area (Å²) in [4.78, 5) is 4.03. The lowest BCUT2D eigenvalue weighted by molar-refractivity contribution is -0.274. The van der Waals surface area contributed by atoms with Crippen molar-refractivity contribution < 1.29 is 22.3 Å². The van der Waals surface area contributed by atoms with Gasteiger partial charge in [0, 0.05) is 12.8 Å². The number of hydrogen-bond donors (Lipinski definition) is 1. The van der Waals surface area contributed by atoms with Gasteiger partial charge in [-0.2, -0.15) is 0 Å². The molecule has 23 heavy (non-hydrogen) atoms. The van der Waals surface area contributed by atoms with E-state index < -0.39 is 12.5 Å². The van der Waals surface area contributed by atoms with E-state index in [9.17, 15) is 17.6 Å². The fourth-order valence-electron chi connectivity index (χ4n) is 2.11. The van der Waals surface area contributed by atoms with Crippen LogP contribution in [0.1, 0.15) is 12.5 Å². The largest absolute Gasteiger partial charge is 0.573 e. The van der Waals surface area contributed by atoms with E-state index in [1.54, 1.807) is 29.4 Å². The molecular formula is C15H17F4N3O. The highest BCUT2D eigenvalue weighted by Crippen LogP contribution is 2.22. The number of alkyl halides is 4. The molecule has 0 aliphatic carbocycles. The average molecular weight is 331 g/mol. The Bertz CT molecular complexity index is 567. The highest BCUT2D eigenvalue weighted by molar-refractivity contribution is 5.73. The quantitative estimate of drug-likeness (QED) is 0.813. The molecule has 1 N–H and O–H groups in total. The van der Waals surface area contributed by atoms with Gasteiger partial charge >= 0.3 is 6.36 Å². The Morgan fingerprint density at radius 2 is 2.00 bits per heavy atom. The molecule has 4 nitrogen and oxygen atoms in total. The third kappa shape index (κ3) is 5.55. The van der Waals surface area contributed by atoms with Gasteiger partial charge in [0.05, 0.1) is 5.70 Å². The summed E-state index contributed by atoms with van der Waals surface area (Å²) in [6.07, 6.45) is -2.08. The number of rotatable bonds is 6. The molecule has 0 aromatic heterocycles. The summed E-state index contributed by atoms with van der Waals surface area (Å²) >= 11 is 0. The molecule has 1 unspecified atom stereocenters. The third-order valence-corrected chi connectivity index (χ3v) is 3.17. The van der Waals surface area contributed by atoms with Gasteiger partial charge in [0.15, 0.2) is 0 Å². The number of allylic oxidation sites excluding steroid dienone is 2. The maximum atomic E-state index is 13.4. The van der Waals surface area contributed by atoms with E-state index in [0.717, 1.165) is 5.56 Å². The number of aliphatic imine (C=N–C) groups is 1. The first kappa shape index (κ1) is 17.3. The molecule has 0 fully saturated rings. The van der Waals surface area contributed by atoms with Gasteiger partial charge in [-0.25, -0.2) is 9.82 Å². The van der Waals surface area contributed by atoms with E-state index in [1.165, 1.54) is 19.1 Å². The predicted molar refractivity (Wildman–Crippen MR) is 78.7 cm³/mol. The molecule has 1 aliphatic heterocycles.